The molecule has 4 rings (SSSR count). The summed E-state index contributed by atoms with van der Waals surface area (Å²) in [5.74, 6) is -0.314. The summed E-state index contributed by atoms with van der Waals surface area (Å²) in [4.78, 5) is 17.1. The van der Waals surface area contributed by atoms with E-state index in [4.69, 9.17) is 5.10 Å². The van der Waals surface area contributed by atoms with Gasteiger partial charge in [-0.25, -0.2) is 4.68 Å². The van der Waals surface area contributed by atoms with Crippen LogP contribution in [0.3, 0.4) is 0 Å². The van der Waals surface area contributed by atoms with E-state index in [1.165, 1.54) is 0 Å². The van der Waals surface area contributed by atoms with Gasteiger partial charge in [0, 0.05) is 35.3 Å². The fourth-order valence-electron chi connectivity index (χ4n) is 3.18. The van der Waals surface area contributed by atoms with Gasteiger partial charge in [0.25, 0.3) is 0 Å². The predicted molar refractivity (Wildman–Crippen MR) is 116 cm³/mol. The zero-order valence-corrected chi connectivity index (χ0v) is 16.4. The molecule has 0 atom stereocenters. The van der Waals surface area contributed by atoms with Crippen molar-refractivity contribution in [2.45, 2.75) is 6.92 Å². The molecule has 2 heterocycles. The van der Waals surface area contributed by atoms with Crippen LogP contribution >= 0.6 is 0 Å². The number of hydrogen-bond acceptors (Lipinski definition) is 4. The van der Waals surface area contributed by atoms with Crippen LogP contribution in [-0.2, 0) is 0 Å². The van der Waals surface area contributed by atoms with Crippen molar-refractivity contribution in [1.82, 2.24) is 14.8 Å². The van der Waals surface area contributed by atoms with Crippen LogP contribution in [0.25, 0.3) is 23.0 Å². The van der Waals surface area contributed by atoms with Crippen LogP contribution in [0.1, 0.15) is 21.5 Å². The van der Waals surface area contributed by atoms with Gasteiger partial charge in [0.1, 0.15) is 17.3 Å². The van der Waals surface area contributed by atoms with E-state index in [0.29, 0.717) is 16.8 Å². The van der Waals surface area contributed by atoms with Gasteiger partial charge in [-0.05, 0) is 43.3 Å². The number of carbonyl (C=O) groups is 1. The quantitative estimate of drug-likeness (QED) is 0.272. The van der Waals surface area contributed by atoms with Gasteiger partial charge < -0.3 is 0 Å². The summed E-state index contributed by atoms with van der Waals surface area (Å²) >= 11 is 0. The van der Waals surface area contributed by atoms with E-state index in [1.807, 2.05) is 67.7 Å². The first-order chi connectivity index (χ1) is 14.7. The largest absolute Gasteiger partial charge is 0.288 e. The van der Waals surface area contributed by atoms with Gasteiger partial charge in [-0.3, -0.25) is 9.78 Å². The molecule has 0 fully saturated rings. The lowest BCUT2D eigenvalue weighted by Gasteiger charge is -2.02. The number of allylic oxidation sites excluding steroid dienone is 1. The second kappa shape index (κ2) is 8.38. The number of ketones is 1. The van der Waals surface area contributed by atoms with E-state index >= 15 is 0 Å². The molecule has 0 N–H and O–H groups in total. The molecule has 2 aromatic carbocycles. The molecule has 0 unspecified atom stereocenters. The maximum Gasteiger partial charge on any atom is 0.203 e. The summed E-state index contributed by atoms with van der Waals surface area (Å²) in [7, 11) is 0. The normalized spacial score (nSPS) is 11.1. The van der Waals surface area contributed by atoms with Crippen LogP contribution in [0.4, 0.5) is 0 Å². The van der Waals surface area contributed by atoms with Crippen molar-refractivity contribution in [1.29, 1.82) is 5.26 Å². The third-order valence-electron chi connectivity index (χ3n) is 4.64. The summed E-state index contributed by atoms with van der Waals surface area (Å²) in [6.45, 7) is 1.91. The van der Waals surface area contributed by atoms with Gasteiger partial charge in [-0.15, -0.1) is 0 Å². The number of para-hydroxylation sites is 1. The molecule has 0 radical (unpaired) electrons. The molecular weight excluding hydrogens is 372 g/mol. The van der Waals surface area contributed by atoms with Gasteiger partial charge in [0.05, 0.1) is 5.69 Å². The van der Waals surface area contributed by atoms with Gasteiger partial charge >= 0.3 is 0 Å². The highest BCUT2D eigenvalue weighted by Gasteiger charge is 2.16. The number of nitriles is 1. The predicted octanol–water partition coefficient (Wildman–Crippen LogP) is 5.03. The Morgan fingerprint density at radius 1 is 1.07 bits per heavy atom. The summed E-state index contributed by atoms with van der Waals surface area (Å²) < 4.78 is 1.74. The number of hydrogen-bond donors (Lipinski definition) is 0. The summed E-state index contributed by atoms with van der Waals surface area (Å²) in [6.07, 6.45) is 6.82. The van der Waals surface area contributed by atoms with Crippen molar-refractivity contribution in [2.24, 2.45) is 0 Å². The minimum atomic E-state index is -0.314. The summed E-state index contributed by atoms with van der Waals surface area (Å²) in [6, 6.07) is 22.7. The summed E-state index contributed by atoms with van der Waals surface area (Å²) in [5.41, 5.74) is 4.51. The molecule has 4 aromatic rings. The molecule has 0 saturated carbocycles. The Bertz CT molecular complexity index is 1270. The summed E-state index contributed by atoms with van der Waals surface area (Å²) in [5, 5.41) is 14.4. The Labute approximate surface area is 174 Å². The Morgan fingerprint density at radius 3 is 2.60 bits per heavy atom. The molecule has 144 valence electrons. The van der Waals surface area contributed by atoms with Crippen molar-refractivity contribution in [2.75, 3.05) is 0 Å². The number of rotatable bonds is 5. The number of aryl methyl sites for hydroxylation is 1. The minimum Gasteiger partial charge on any atom is -0.288 e. The van der Waals surface area contributed by atoms with E-state index in [1.54, 1.807) is 35.3 Å². The molecule has 0 spiro atoms. The molecule has 0 aliphatic rings. The van der Waals surface area contributed by atoms with E-state index in [2.05, 4.69) is 11.1 Å². The highest BCUT2D eigenvalue weighted by Crippen LogP contribution is 2.26. The molecule has 0 aliphatic heterocycles. The first-order valence-electron chi connectivity index (χ1n) is 9.44. The van der Waals surface area contributed by atoms with Crippen molar-refractivity contribution in [3.63, 3.8) is 0 Å². The van der Waals surface area contributed by atoms with E-state index in [9.17, 15) is 10.1 Å². The van der Waals surface area contributed by atoms with Crippen LogP contribution in [-0.4, -0.2) is 20.5 Å². The zero-order valence-electron chi connectivity index (χ0n) is 16.4. The lowest BCUT2D eigenvalue weighted by atomic mass is 10.00. The molecule has 0 saturated heterocycles. The van der Waals surface area contributed by atoms with Crippen molar-refractivity contribution < 1.29 is 4.79 Å². The Morgan fingerprint density at radius 2 is 1.90 bits per heavy atom. The van der Waals surface area contributed by atoms with E-state index < -0.39 is 0 Å². The van der Waals surface area contributed by atoms with Crippen LogP contribution in [0.5, 0.6) is 0 Å². The average Bonchev–Trinajstić information content (AvgIpc) is 3.22. The Hall–Kier alpha value is -4.30. The number of carbonyl (C=O) groups excluding carboxylic acids is 1. The van der Waals surface area contributed by atoms with Crippen molar-refractivity contribution in [3.8, 4) is 23.0 Å². The lowest BCUT2D eigenvalue weighted by molar-refractivity contribution is 0.104. The third-order valence-corrected chi connectivity index (χ3v) is 4.64. The van der Waals surface area contributed by atoms with Crippen molar-refractivity contribution in [3.05, 3.63) is 108 Å². The Balaban J connectivity index is 1.83. The smallest absolute Gasteiger partial charge is 0.203 e. The fourth-order valence-corrected chi connectivity index (χ4v) is 3.18. The lowest BCUT2D eigenvalue weighted by Crippen LogP contribution is -2.02. The fraction of sp³-hybridized carbons (Fsp3) is 0.0400. The number of pyridine rings is 1. The molecule has 30 heavy (non-hydrogen) atoms. The molecular formula is C25H18N4O. The second-order valence-electron chi connectivity index (χ2n) is 6.82. The number of aromatic nitrogens is 3. The first-order valence-corrected chi connectivity index (χ1v) is 9.44. The van der Waals surface area contributed by atoms with E-state index in [0.717, 1.165) is 16.8 Å². The standard InChI is InChI=1S/C25H18N4O/c1-18-7-5-8-19(13-18)25(30)21(15-26)14-22-17-29(23-10-3-2-4-11-23)28-24(22)20-9-6-12-27-16-20/h2-14,16-17H,1H3/b21-14+. The number of Topliss-reactive ketones (excluding diaryl/α,β-unsaturated/α-hetero) is 1. The van der Waals surface area contributed by atoms with Crippen LogP contribution < -0.4 is 0 Å². The van der Waals surface area contributed by atoms with Gasteiger partial charge in [-0.2, -0.15) is 10.4 Å². The second-order valence-corrected chi connectivity index (χ2v) is 6.82. The maximum absolute atomic E-state index is 12.9. The van der Waals surface area contributed by atoms with Gasteiger partial charge in [0.15, 0.2) is 0 Å². The SMILES string of the molecule is Cc1cccc(C(=O)/C(C#N)=C/c2cn(-c3ccccc3)nc2-c2cccnc2)c1. The average molecular weight is 390 g/mol. The molecule has 0 aliphatic carbocycles. The van der Waals surface area contributed by atoms with Crippen LogP contribution in [0.2, 0.25) is 0 Å². The van der Waals surface area contributed by atoms with Crippen LogP contribution in [0, 0.1) is 18.3 Å². The topological polar surface area (TPSA) is 71.6 Å². The molecule has 2 aromatic heterocycles. The first kappa shape index (κ1) is 19.0. The molecule has 5 nitrogen and oxygen atoms in total. The minimum absolute atomic E-state index is 0.0540. The zero-order chi connectivity index (χ0) is 20.9. The van der Waals surface area contributed by atoms with Gasteiger partial charge in [-0.1, -0.05) is 42.0 Å². The Kier molecular flexibility index (Phi) is 5.31. The highest BCUT2D eigenvalue weighted by molar-refractivity contribution is 6.14. The highest BCUT2D eigenvalue weighted by atomic mass is 16.1. The maximum atomic E-state index is 12.9. The van der Waals surface area contributed by atoms with Crippen LogP contribution in [0.15, 0.2) is 90.9 Å². The monoisotopic (exact) mass is 390 g/mol. The molecule has 0 amide bonds. The van der Waals surface area contributed by atoms with Crippen molar-refractivity contribution >= 4 is 11.9 Å². The van der Waals surface area contributed by atoms with E-state index in [-0.39, 0.29) is 11.4 Å². The molecule has 5 heteroatoms. The third kappa shape index (κ3) is 3.94. The van der Waals surface area contributed by atoms with Gasteiger partial charge in [0.2, 0.25) is 5.78 Å². The molecule has 0 bridgehead atoms. The number of benzene rings is 2. The number of nitrogens with zero attached hydrogens (tertiary/aromatic N) is 4.